The number of benzene rings is 1. The van der Waals surface area contributed by atoms with E-state index in [2.05, 4.69) is 16.0 Å². The van der Waals surface area contributed by atoms with Crippen molar-refractivity contribution in [2.45, 2.75) is 33.8 Å². The number of nitrogens with one attached hydrogen (secondary N) is 1. The lowest BCUT2D eigenvalue weighted by atomic mass is 10.1. The van der Waals surface area contributed by atoms with Gasteiger partial charge in [0.25, 0.3) is 5.56 Å². The zero-order chi connectivity index (χ0) is 18.6. The third-order valence-corrected chi connectivity index (χ3v) is 3.32. The van der Waals surface area contributed by atoms with Gasteiger partial charge in [-0.3, -0.25) is 4.79 Å². The van der Waals surface area contributed by atoms with E-state index >= 15 is 0 Å². The summed E-state index contributed by atoms with van der Waals surface area (Å²) in [6, 6.07) is 7.00. The SMILES string of the molecule is CCOC(=O)c1c(C)nc(-c2ccc(OC(C)C)c(C#N)c2)[nH]c1=O. The Bertz CT molecular complexity index is 894. The maximum Gasteiger partial charge on any atom is 0.345 e. The third kappa shape index (κ3) is 4.04. The van der Waals surface area contributed by atoms with Crippen LogP contribution in [-0.2, 0) is 4.74 Å². The molecule has 7 heteroatoms. The topological polar surface area (TPSA) is 105 Å². The molecule has 1 aromatic heterocycles. The van der Waals surface area contributed by atoms with Crippen LogP contribution in [0.5, 0.6) is 5.75 Å². The van der Waals surface area contributed by atoms with Crippen molar-refractivity contribution in [3.63, 3.8) is 0 Å². The zero-order valence-corrected chi connectivity index (χ0v) is 14.5. The zero-order valence-electron chi connectivity index (χ0n) is 14.5. The molecule has 2 rings (SSSR count). The summed E-state index contributed by atoms with van der Waals surface area (Å²) in [7, 11) is 0. The molecule has 0 aliphatic heterocycles. The van der Waals surface area contributed by atoms with Gasteiger partial charge in [0, 0.05) is 5.56 Å². The average molecular weight is 341 g/mol. The Kier molecular flexibility index (Phi) is 5.55. The number of aromatic amines is 1. The summed E-state index contributed by atoms with van der Waals surface area (Å²) in [4.78, 5) is 30.9. The molecular formula is C18H19N3O4. The molecule has 7 nitrogen and oxygen atoms in total. The molecule has 1 N–H and O–H groups in total. The Morgan fingerprint density at radius 2 is 2.12 bits per heavy atom. The largest absolute Gasteiger partial charge is 0.490 e. The minimum absolute atomic E-state index is 0.0676. The number of hydrogen-bond acceptors (Lipinski definition) is 6. The molecule has 0 saturated carbocycles. The van der Waals surface area contributed by atoms with Gasteiger partial charge >= 0.3 is 5.97 Å². The molecule has 0 saturated heterocycles. The van der Waals surface area contributed by atoms with Crippen LogP contribution in [0.25, 0.3) is 11.4 Å². The second-order valence-electron chi connectivity index (χ2n) is 5.58. The number of carbonyl (C=O) groups is 1. The van der Waals surface area contributed by atoms with Crippen LogP contribution >= 0.6 is 0 Å². The predicted molar refractivity (Wildman–Crippen MR) is 91.5 cm³/mol. The molecule has 2 aromatic rings. The van der Waals surface area contributed by atoms with Crippen molar-refractivity contribution in [2.75, 3.05) is 6.61 Å². The van der Waals surface area contributed by atoms with Crippen molar-refractivity contribution >= 4 is 5.97 Å². The first kappa shape index (κ1) is 18.2. The monoisotopic (exact) mass is 341 g/mol. The number of carbonyl (C=O) groups excluding carboxylic acids is 1. The fourth-order valence-corrected chi connectivity index (χ4v) is 2.29. The molecule has 130 valence electrons. The highest BCUT2D eigenvalue weighted by molar-refractivity contribution is 5.90. The summed E-state index contributed by atoms with van der Waals surface area (Å²) in [6.45, 7) is 7.12. The van der Waals surface area contributed by atoms with Gasteiger partial charge in [-0.2, -0.15) is 5.26 Å². The van der Waals surface area contributed by atoms with Gasteiger partial charge in [0.05, 0.1) is 24.0 Å². The lowest BCUT2D eigenvalue weighted by Gasteiger charge is -2.12. The van der Waals surface area contributed by atoms with Crippen LogP contribution in [0.15, 0.2) is 23.0 Å². The molecular weight excluding hydrogens is 322 g/mol. The molecule has 1 heterocycles. The van der Waals surface area contributed by atoms with Crippen molar-refractivity contribution in [2.24, 2.45) is 0 Å². The number of nitriles is 1. The second-order valence-corrected chi connectivity index (χ2v) is 5.58. The van der Waals surface area contributed by atoms with Gasteiger partial charge in [-0.05, 0) is 45.9 Å². The number of hydrogen-bond donors (Lipinski definition) is 1. The predicted octanol–water partition coefficient (Wildman–Crippen LogP) is 2.58. The number of ether oxygens (including phenoxy) is 2. The van der Waals surface area contributed by atoms with E-state index in [0.29, 0.717) is 16.9 Å². The minimum Gasteiger partial charge on any atom is -0.490 e. The van der Waals surface area contributed by atoms with Crippen LogP contribution in [0.1, 0.15) is 42.4 Å². The van der Waals surface area contributed by atoms with E-state index in [1.54, 1.807) is 32.0 Å². The molecule has 0 unspecified atom stereocenters. The van der Waals surface area contributed by atoms with E-state index < -0.39 is 11.5 Å². The Labute approximate surface area is 145 Å². The van der Waals surface area contributed by atoms with E-state index in [1.807, 2.05) is 13.8 Å². The van der Waals surface area contributed by atoms with Crippen molar-refractivity contribution < 1.29 is 14.3 Å². The molecule has 0 amide bonds. The van der Waals surface area contributed by atoms with Gasteiger partial charge in [-0.25, -0.2) is 9.78 Å². The van der Waals surface area contributed by atoms with Crippen LogP contribution < -0.4 is 10.3 Å². The summed E-state index contributed by atoms with van der Waals surface area (Å²) in [5, 5.41) is 9.30. The average Bonchev–Trinajstić information content (AvgIpc) is 2.54. The summed E-state index contributed by atoms with van der Waals surface area (Å²) >= 11 is 0. The van der Waals surface area contributed by atoms with Gasteiger partial charge < -0.3 is 14.5 Å². The lowest BCUT2D eigenvalue weighted by molar-refractivity contribution is 0.0523. The number of esters is 1. The van der Waals surface area contributed by atoms with Gasteiger partial charge in [-0.15, -0.1) is 0 Å². The smallest absolute Gasteiger partial charge is 0.345 e. The molecule has 1 aromatic carbocycles. The van der Waals surface area contributed by atoms with Crippen LogP contribution in [0.4, 0.5) is 0 Å². The molecule has 0 bridgehead atoms. The van der Waals surface area contributed by atoms with Crippen molar-refractivity contribution in [1.82, 2.24) is 9.97 Å². The first-order valence-electron chi connectivity index (χ1n) is 7.86. The second kappa shape index (κ2) is 7.62. The van der Waals surface area contributed by atoms with Crippen molar-refractivity contribution in [1.29, 1.82) is 5.26 Å². The normalized spacial score (nSPS) is 10.4. The Morgan fingerprint density at radius 1 is 1.40 bits per heavy atom. The fourth-order valence-electron chi connectivity index (χ4n) is 2.29. The molecule has 0 atom stereocenters. The minimum atomic E-state index is -0.710. The van der Waals surface area contributed by atoms with Crippen molar-refractivity contribution in [3.05, 3.63) is 45.4 Å². The summed E-state index contributed by atoms with van der Waals surface area (Å²) in [5.74, 6) is 0.0188. The summed E-state index contributed by atoms with van der Waals surface area (Å²) in [6.07, 6.45) is -0.0676. The van der Waals surface area contributed by atoms with E-state index in [-0.39, 0.29) is 29.8 Å². The Balaban J connectivity index is 2.48. The van der Waals surface area contributed by atoms with Crippen LogP contribution in [0.2, 0.25) is 0 Å². The number of H-pyrrole nitrogens is 1. The van der Waals surface area contributed by atoms with Gasteiger partial charge in [0.1, 0.15) is 23.2 Å². The van der Waals surface area contributed by atoms with Crippen LogP contribution in [-0.4, -0.2) is 28.6 Å². The maximum absolute atomic E-state index is 12.2. The quantitative estimate of drug-likeness (QED) is 0.838. The molecule has 0 aliphatic rings. The highest BCUT2D eigenvalue weighted by Crippen LogP contribution is 2.25. The molecule has 25 heavy (non-hydrogen) atoms. The van der Waals surface area contributed by atoms with E-state index in [1.165, 1.54) is 0 Å². The Morgan fingerprint density at radius 3 is 2.68 bits per heavy atom. The third-order valence-electron chi connectivity index (χ3n) is 3.32. The highest BCUT2D eigenvalue weighted by Gasteiger charge is 2.18. The highest BCUT2D eigenvalue weighted by atomic mass is 16.5. The number of rotatable bonds is 5. The standard InChI is InChI=1S/C18H19N3O4/c1-5-24-18(23)15-11(4)20-16(21-17(15)22)12-6-7-14(25-10(2)3)13(8-12)9-19/h6-8,10H,5H2,1-4H3,(H,20,21,22). The summed E-state index contributed by atoms with van der Waals surface area (Å²) in [5.41, 5.74) is 0.440. The number of nitrogens with zero attached hydrogens (tertiary/aromatic N) is 2. The lowest BCUT2D eigenvalue weighted by Crippen LogP contribution is -2.23. The maximum atomic E-state index is 12.2. The number of aromatic nitrogens is 2. The molecule has 0 aliphatic carbocycles. The summed E-state index contributed by atoms with van der Waals surface area (Å²) < 4.78 is 10.4. The van der Waals surface area contributed by atoms with Crippen LogP contribution in [0.3, 0.4) is 0 Å². The molecule has 0 radical (unpaired) electrons. The van der Waals surface area contributed by atoms with Crippen molar-refractivity contribution in [3.8, 4) is 23.2 Å². The van der Waals surface area contributed by atoms with Crippen LogP contribution in [0, 0.1) is 18.3 Å². The van der Waals surface area contributed by atoms with Gasteiger partial charge in [0.2, 0.25) is 0 Å². The van der Waals surface area contributed by atoms with Gasteiger partial charge in [0.15, 0.2) is 0 Å². The molecule has 0 fully saturated rings. The number of aryl methyl sites for hydroxylation is 1. The molecule has 0 spiro atoms. The van der Waals surface area contributed by atoms with E-state index in [9.17, 15) is 14.9 Å². The van der Waals surface area contributed by atoms with E-state index in [0.717, 1.165) is 0 Å². The first-order valence-corrected chi connectivity index (χ1v) is 7.86. The fraction of sp³-hybridized carbons (Fsp3) is 0.333. The van der Waals surface area contributed by atoms with Gasteiger partial charge in [-0.1, -0.05) is 0 Å². The first-order chi connectivity index (χ1) is 11.9. The van der Waals surface area contributed by atoms with E-state index in [4.69, 9.17) is 9.47 Å². The Hall–Kier alpha value is -3.14.